The van der Waals surface area contributed by atoms with Gasteiger partial charge in [0.05, 0.1) is 5.52 Å². The first kappa shape index (κ1) is 16.7. The second kappa shape index (κ2) is 6.79. The van der Waals surface area contributed by atoms with Crippen molar-refractivity contribution in [3.8, 4) is 0 Å². The molecule has 4 nitrogen and oxygen atoms in total. The molecular weight excluding hydrogens is 392 g/mol. The van der Waals surface area contributed by atoms with Crippen LogP contribution in [0.3, 0.4) is 0 Å². The van der Waals surface area contributed by atoms with Crippen LogP contribution in [0.2, 0.25) is 5.02 Å². The zero-order chi connectivity index (χ0) is 17.3. The lowest BCUT2D eigenvalue weighted by atomic mass is 10.2. The number of aromatic nitrogens is 1. The average molecular weight is 406 g/mol. The molecule has 0 aliphatic rings. The number of hydrogen-bond acceptors (Lipinski definition) is 2. The largest absolute Gasteiger partial charge is 0.338 e. The molecule has 3 rings (SSSR count). The Balaban J connectivity index is 1.91. The number of fused-ring (bicyclic) bond motifs is 1. The number of benzene rings is 2. The smallest absolute Gasteiger partial charge is 0.244 e. The van der Waals surface area contributed by atoms with E-state index in [1.165, 1.54) is 6.07 Å². The molecule has 0 saturated heterocycles. The first-order valence-electron chi connectivity index (χ1n) is 7.29. The van der Waals surface area contributed by atoms with Gasteiger partial charge in [0.1, 0.15) is 6.54 Å². The van der Waals surface area contributed by atoms with E-state index in [1.807, 2.05) is 25.1 Å². The van der Waals surface area contributed by atoms with E-state index >= 15 is 0 Å². The second-order valence-electron chi connectivity index (χ2n) is 5.48. The first-order chi connectivity index (χ1) is 11.4. The van der Waals surface area contributed by atoms with Crippen molar-refractivity contribution in [1.82, 2.24) is 4.57 Å². The summed E-state index contributed by atoms with van der Waals surface area (Å²) in [5.74, 6) is -0.190. The summed E-state index contributed by atoms with van der Waals surface area (Å²) in [6.45, 7) is 2.00. The third-order valence-corrected chi connectivity index (χ3v) is 4.46. The molecule has 1 amide bonds. The van der Waals surface area contributed by atoms with Crippen molar-refractivity contribution >= 4 is 50.0 Å². The van der Waals surface area contributed by atoms with Crippen molar-refractivity contribution in [3.63, 3.8) is 0 Å². The number of halogens is 2. The molecule has 0 spiro atoms. The van der Waals surface area contributed by atoms with E-state index in [0.717, 1.165) is 10.0 Å². The van der Waals surface area contributed by atoms with Gasteiger partial charge in [-0.05, 0) is 42.8 Å². The molecule has 0 aliphatic carbocycles. The van der Waals surface area contributed by atoms with Gasteiger partial charge in [0, 0.05) is 32.8 Å². The number of carbonyl (C=O) groups is 1. The van der Waals surface area contributed by atoms with E-state index in [0.29, 0.717) is 21.6 Å². The second-order valence-corrected chi connectivity index (χ2v) is 6.83. The monoisotopic (exact) mass is 404 g/mol. The maximum Gasteiger partial charge on any atom is 0.244 e. The zero-order valence-corrected chi connectivity index (χ0v) is 15.2. The molecule has 1 aromatic heterocycles. The third kappa shape index (κ3) is 3.52. The summed E-state index contributed by atoms with van der Waals surface area (Å²) in [4.78, 5) is 24.4. The Labute approximate surface area is 152 Å². The van der Waals surface area contributed by atoms with Gasteiger partial charge in [-0.25, -0.2) is 0 Å². The normalized spacial score (nSPS) is 10.8. The summed E-state index contributed by atoms with van der Waals surface area (Å²) in [6, 6.07) is 12.2. The molecule has 2 aromatic carbocycles. The lowest BCUT2D eigenvalue weighted by Crippen LogP contribution is -2.20. The fourth-order valence-electron chi connectivity index (χ4n) is 2.49. The van der Waals surface area contributed by atoms with Crippen LogP contribution in [0.4, 0.5) is 5.69 Å². The minimum absolute atomic E-state index is 0.0696. The molecule has 0 aliphatic heterocycles. The Morgan fingerprint density at radius 2 is 2.00 bits per heavy atom. The molecule has 24 heavy (non-hydrogen) atoms. The number of hydrogen-bond donors (Lipinski definition) is 1. The van der Waals surface area contributed by atoms with Crippen molar-refractivity contribution < 1.29 is 4.79 Å². The Bertz CT molecular complexity index is 998. The van der Waals surface area contributed by atoms with Crippen molar-refractivity contribution in [2.24, 2.45) is 0 Å². The van der Waals surface area contributed by atoms with Gasteiger partial charge in [0.15, 0.2) is 5.43 Å². The van der Waals surface area contributed by atoms with Crippen LogP contribution in [0.1, 0.15) is 5.56 Å². The number of amides is 1. The van der Waals surface area contributed by atoms with Crippen LogP contribution in [-0.2, 0) is 11.3 Å². The number of nitrogens with one attached hydrogen (secondary N) is 1. The van der Waals surface area contributed by atoms with E-state index in [1.54, 1.807) is 29.0 Å². The van der Waals surface area contributed by atoms with Crippen LogP contribution in [-0.4, -0.2) is 10.5 Å². The fraction of sp³-hybridized carbons (Fsp3) is 0.111. The minimum atomic E-state index is -0.190. The van der Waals surface area contributed by atoms with Gasteiger partial charge in [-0.1, -0.05) is 33.6 Å². The van der Waals surface area contributed by atoms with E-state index in [9.17, 15) is 9.59 Å². The van der Waals surface area contributed by atoms with Gasteiger partial charge in [0.25, 0.3) is 0 Å². The fourth-order valence-corrected chi connectivity index (χ4v) is 3.01. The molecule has 0 radical (unpaired) electrons. The van der Waals surface area contributed by atoms with Gasteiger partial charge < -0.3 is 9.88 Å². The van der Waals surface area contributed by atoms with Gasteiger partial charge in [-0.15, -0.1) is 0 Å². The van der Waals surface area contributed by atoms with E-state index in [4.69, 9.17) is 11.6 Å². The maximum absolute atomic E-state index is 12.4. The summed E-state index contributed by atoms with van der Waals surface area (Å²) >= 11 is 9.38. The minimum Gasteiger partial charge on any atom is -0.338 e. The summed E-state index contributed by atoms with van der Waals surface area (Å²) < 4.78 is 2.59. The lowest BCUT2D eigenvalue weighted by Gasteiger charge is -2.13. The highest BCUT2D eigenvalue weighted by Crippen LogP contribution is 2.21. The highest BCUT2D eigenvalue weighted by Gasteiger charge is 2.09. The number of rotatable bonds is 3. The summed E-state index contributed by atoms with van der Waals surface area (Å²) in [5.41, 5.74) is 2.24. The average Bonchev–Trinajstić information content (AvgIpc) is 2.53. The Morgan fingerprint density at radius 3 is 2.79 bits per heavy atom. The lowest BCUT2D eigenvalue weighted by molar-refractivity contribution is -0.116. The number of pyridine rings is 1. The quantitative estimate of drug-likeness (QED) is 0.704. The molecule has 6 heteroatoms. The van der Waals surface area contributed by atoms with Crippen LogP contribution in [0.5, 0.6) is 0 Å². The molecule has 0 unspecified atom stereocenters. The zero-order valence-electron chi connectivity index (χ0n) is 12.8. The number of nitrogens with zero attached hydrogens (tertiary/aromatic N) is 1. The topological polar surface area (TPSA) is 51.1 Å². The SMILES string of the molecule is Cc1ccc(Cl)cc1NC(=O)Cn1ccc(=O)c2ccc(Br)cc21. The summed E-state index contributed by atoms with van der Waals surface area (Å²) in [5, 5.41) is 4.00. The molecule has 0 bridgehead atoms. The van der Waals surface area contributed by atoms with Gasteiger partial charge in [0.2, 0.25) is 5.91 Å². The van der Waals surface area contributed by atoms with Gasteiger partial charge in [-0.2, -0.15) is 0 Å². The highest BCUT2D eigenvalue weighted by atomic mass is 79.9. The predicted molar refractivity (Wildman–Crippen MR) is 101 cm³/mol. The van der Waals surface area contributed by atoms with E-state index in [2.05, 4.69) is 21.2 Å². The summed E-state index contributed by atoms with van der Waals surface area (Å²) in [7, 11) is 0. The standard InChI is InChI=1S/C18H14BrClN2O2/c1-11-2-4-13(20)9-15(11)21-18(24)10-22-7-6-17(23)14-5-3-12(19)8-16(14)22/h2-9H,10H2,1H3,(H,21,24). The number of aryl methyl sites for hydroxylation is 1. The molecule has 1 N–H and O–H groups in total. The van der Waals surface area contributed by atoms with Crippen LogP contribution in [0.25, 0.3) is 10.9 Å². The number of anilines is 1. The highest BCUT2D eigenvalue weighted by molar-refractivity contribution is 9.10. The molecular formula is C18H14BrClN2O2. The van der Waals surface area contributed by atoms with Crippen molar-refractivity contribution in [3.05, 3.63) is 73.9 Å². The molecule has 0 atom stereocenters. The molecule has 1 heterocycles. The Morgan fingerprint density at radius 1 is 1.21 bits per heavy atom. The van der Waals surface area contributed by atoms with Crippen LogP contribution < -0.4 is 10.7 Å². The van der Waals surface area contributed by atoms with Crippen molar-refractivity contribution in [2.45, 2.75) is 13.5 Å². The van der Waals surface area contributed by atoms with E-state index in [-0.39, 0.29) is 17.9 Å². The van der Waals surface area contributed by atoms with Crippen molar-refractivity contribution in [2.75, 3.05) is 5.32 Å². The van der Waals surface area contributed by atoms with Crippen LogP contribution in [0, 0.1) is 6.92 Å². The molecule has 0 fully saturated rings. The van der Waals surface area contributed by atoms with E-state index < -0.39 is 0 Å². The summed E-state index contributed by atoms with van der Waals surface area (Å²) in [6.07, 6.45) is 1.63. The van der Waals surface area contributed by atoms with Crippen LogP contribution in [0.15, 0.2) is 57.9 Å². The van der Waals surface area contributed by atoms with Gasteiger partial charge in [-0.3, -0.25) is 9.59 Å². The molecule has 3 aromatic rings. The third-order valence-electron chi connectivity index (χ3n) is 3.73. The first-order valence-corrected chi connectivity index (χ1v) is 8.46. The maximum atomic E-state index is 12.4. The number of carbonyl (C=O) groups excluding carboxylic acids is 1. The molecule has 0 saturated carbocycles. The Kier molecular flexibility index (Phi) is 4.73. The Hall–Kier alpha value is -2.11. The van der Waals surface area contributed by atoms with Crippen LogP contribution >= 0.6 is 27.5 Å². The van der Waals surface area contributed by atoms with Gasteiger partial charge >= 0.3 is 0 Å². The molecule has 122 valence electrons. The predicted octanol–water partition coefficient (Wildman–Crippen LogP) is 4.36. The van der Waals surface area contributed by atoms with Crippen molar-refractivity contribution in [1.29, 1.82) is 0 Å².